The van der Waals surface area contributed by atoms with Gasteiger partial charge in [-0.25, -0.2) is 0 Å². The van der Waals surface area contributed by atoms with E-state index >= 15 is 0 Å². The van der Waals surface area contributed by atoms with Crippen molar-refractivity contribution in [2.75, 3.05) is 13.1 Å². The van der Waals surface area contributed by atoms with Crippen LogP contribution >= 0.6 is 0 Å². The molecule has 4 atom stereocenters. The summed E-state index contributed by atoms with van der Waals surface area (Å²) >= 11 is 0. The first-order chi connectivity index (χ1) is 12.6. The molecule has 1 aromatic rings. The molecule has 1 N–H and O–H groups in total. The summed E-state index contributed by atoms with van der Waals surface area (Å²) in [5.41, 5.74) is 3.32. The van der Waals surface area contributed by atoms with Gasteiger partial charge >= 0.3 is 0 Å². The summed E-state index contributed by atoms with van der Waals surface area (Å²) in [6.07, 6.45) is 5.56. The minimum absolute atomic E-state index is 0.131. The van der Waals surface area contributed by atoms with E-state index in [4.69, 9.17) is 0 Å². The van der Waals surface area contributed by atoms with Gasteiger partial charge in [-0.15, -0.1) is 0 Å². The predicted molar refractivity (Wildman–Crippen MR) is 96.0 cm³/mol. The van der Waals surface area contributed by atoms with Gasteiger partial charge in [-0.3, -0.25) is 14.6 Å². The molecule has 1 aromatic heterocycles. The van der Waals surface area contributed by atoms with Gasteiger partial charge in [0.25, 0.3) is 0 Å². The standard InChI is InChI=1S/C20H26N4O2/c1-12-5-15-10-23(11-16(15)9-22-12)20(26)19-14-6-13(7-21-8-14)17-3-2-4-18(25)24(17)19/h5,9,13-14,17,19,21H,2-4,6-8,10-11H2,1H3/t13-,14+,17+,19-/m1/s1. The molecule has 0 unspecified atom stereocenters. The van der Waals surface area contributed by atoms with Crippen LogP contribution in [-0.2, 0) is 22.7 Å². The van der Waals surface area contributed by atoms with E-state index in [0.717, 1.165) is 43.6 Å². The average Bonchev–Trinajstić information content (AvgIpc) is 3.06. The second-order valence-corrected chi connectivity index (χ2v) is 8.41. The molecule has 6 heteroatoms. The molecule has 6 nitrogen and oxygen atoms in total. The maximum absolute atomic E-state index is 13.5. The van der Waals surface area contributed by atoms with Gasteiger partial charge in [-0.05, 0) is 55.8 Å². The molecule has 4 aliphatic rings. The molecule has 3 saturated heterocycles. The van der Waals surface area contributed by atoms with Crippen LogP contribution in [-0.4, -0.2) is 51.8 Å². The molecule has 5 heterocycles. The molecule has 26 heavy (non-hydrogen) atoms. The number of piperidine rings is 3. The number of fused-ring (bicyclic) bond motifs is 5. The summed E-state index contributed by atoms with van der Waals surface area (Å²) in [5, 5.41) is 3.52. The third kappa shape index (κ3) is 2.46. The molecule has 0 radical (unpaired) electrons. The Morgan fingerprint density at radius 1 is 1.23 bits per heavy atom. The molecule has 0 spiro atoms. The SMILES string of the molecule is Cc1cc2c(cn1)CN(C(=O)[C@H]1[C@@H]3CNC[C@@H](C3)[C@@H]3CCCC(=O)N31)C2. The van der Waals surface area contributed by atoms with Crippen molar-refractivity contribution in [2.24, 2.45) is 11.8 Å². The Hall–Kier alpha value is -1.95. The topological polar surface area (TPSA) is 65.5 Å². The maximum atomic E-state index is 13.5. The summed E-state index contributed by atoms with van der Waals surface area (Å²) < 4.78 is 0. The Labute approximate surface area is 153 Å². The van der Waals surface area contributed by atoms with Gasteiger partial charge < -0.3 is 15.1 Å². The highest BCUT2D eigenvalue weighted by Crippen LogP contribution is 2.40. The van der Waals surface area contributed by atoms with Crippen molar-refractivity contribution < 1.29 is 9.59 Å². The van der Waals surface area contributed by atoms with E-state index in [-0.39, 0.29) is 29.8 Å². The zero-order valence-electron chi connectivity index (χ0n) is 15.3. The number of hydrogen-bond acceptors (Lipinski definition) is 4. The zero-order valence-corrected chi connectivity index (χ0v) is 15.3. The summed E-state index contributed by atoms with van der Waals surface area (Å²) in [6, 6.07) is 2.03. The van der Waals surface area contributed by atoms with E-state index < -0.39 is 0 Å². The van der Waals surface area contributed by atoms with Crippen LogP contribution in [0.4, 0.5) is 0 Å². The smallest absolute Gasteiger partial charge is 0.246 e. The van der Waals surface area contributed by atoms with Gasteiger partial charge in [0.05, 0.1) is 0 Å². The van der Waals surface area contributed by atoms with Crippen LogP contribution in [0.15, 0.2) is 12.3 Å². The van der Waals surface area contributed by atoms with E-state index in [1.54, 1.807) is 0 Å². The third-order valence-electron chi connectivity index (χ3n) is 6.75. The first-order valence-corrected chi connectivity index (χ1v) is 9.87. The molecule has 4 aliphatic heterocycles. The molecular weight excluding hydrogens is 328 g/mol. The van der Waals surface area contributed by atoms with E-state index in [1.165, 1.54) is 5.56 Å². The molecule has 0 aliphatic carbocycles. The number of hydrogen-bond donors (Lipinski definition) is 1. The number of amides is 2. The number of aryl methyl sites for hydroxylation is 1. The van der Waals surface area contributed by atoms with Crippen LogP contribution in [0.1, 0.15) is 42.5 Å². The van der Waals surface area contributed by atoms with Crippen molar-refractivity contribution >= 4 is 11.8 Å². The van der Waals surface area contributed by atoms with Gasteiger partial charge in [0.2, 0.25) is 11.8 Å². The molecule has 0 saturated carbocycles. The molecule has 2 amide bonds. The summed E-state index contributed by atoms with van der Waals surface area (Å²) in [6.45, 7) is 5.06. The van der Waals surface area contributed by atoms with Crippen molar-refractivity contribution in [1.29, 1.82) is 0 Å². The summed E-state index contributed by atoms with van der Waals surface area (Å²) in [5.74, 6) is 1.06. The fourth-order valence-electron chi connectivity index (χ4n) is 5.58. The number of pyridine rings is 1. The predicted octanol–water partition coefficient (Wildman–Crippen LogP) is 1.22. The highest BCUT2D eigenvalue weighted by atomic mass is 16.2. The van der Waals surface area contributed by atoms with Gasteiger partial charge in [-0.2, -0.15) is 0 Å². The number of carbonyl (C=O) groups is 2. The molecule has 2 bridgehead atoms. The molecular formula is C20H26N4O2. The highest BCUT2D eigenvalue weighted by molar-refractivity contribution is 5.89. The van der Waals surface area contributed by atoms with Gasteiger partial charge in [0.15, 0.2) is 0 Å². The van der Waals surface area contributed by atoms with E-state index in [1.807, 2.05) is 22.9 Å². The van der Waals surface area contributed by atoms with Crippen LogP contribution < -0.4 is 5.32 Å². The van der Waals surface area contributed by atoms with Crippen molar-refractivity contribution in [3.63, 3.8) is 0 Å². The van der Waals surface area contributed by atoms with Gasteiger partial charge in [0, 0.05) is 49.9 Å². The monoisotopic (exact) mass is 354 g/mol. The van der Waals surface area contributed by atoms with Crippen molar-refractivity contribution in [3.05, 3.63) is 29.1 Å². The second kappa shape index (κ2) is 6.05. The summed E-state index contributed by atoms with van der Waals surface area (Å²) in [4.78, 5) is 34.6. The quantitative estimate of drug-likeness (QED) is 0.824. The van der Waals surface area contributed by atoms with Crippen LogP contribution in [0.5, 0.6) is 0 Å². The van der Waals surface area contributed by atoms with Gasteiger partial charge in [-0.1, -0.05) is 0 Å². The Morgan fingerprint density at radius 2 is 2.04 bits per heavy atom. The largest absolute Gasteiger partial charge is 0.332 e. The Bertz CT molecular complexity index is 764. The van der Waals surface area contributed by atoms with Crippen LogP contribution in [0.2, 0.25) is 0 Å². The van der Waals surface area contributed by atoms with Crippen molar-refractivity contribution in [3.8, 4) is 0 Å². The lowest BCUT2D eigenvalue weighted by Crippen LogP contribution is -2.67. The highest BCUT2D eigenvalue weighted by Gasteiger charge is 2.51. The molecule has 138 valence electrons. The van der Waals surface area contributed by atoms with Crippen LogP contribution in [0.25, 0.3) is 0 Å². The average molecular weight is 354 g/mol. The Kier molecular flexibility index (Phi) is 3.78. The normalized spacial score (nSPS) is 33.0. The first-order valence-electron chi connectivity index (χ1n) is 9.87. The van der Waals surface area contributed by atoms with Crippen LogP contribution in [0, 0.1) is 18.8 Å². The first kappa shape index (κ1) is 16.2. The lowest BCUT2D eigenvalue weighted by atomic mass is 9.72. The van der Waals surface area contributed by atoms with E-state index in [2.05, 4.69) is 16.4 Å². The number of rotatable bonds is 1. The minimum atomic E-state index is -0.291. The van der Waals surface area contributed by atoms with Crippen LogP contribution in [0.3, 0.4) is 0 Å². The van der Waals surface area contributed by atoms with E-state index in [9.17, 15) is 9.59 Å². The number of aromatic nitrogens is 1. The number of nitrogens with zero attached hydrogens (tertiary/aromatic N) is 3. The molecule has 0 aromatic carbocycles. The lowest BCUT2D eigenvalue weighted by Gasteiger charge is -2.54. The number of nitrogens with one attached hydrogen (secondary N) is 1. The molecule has 3 fully saturated rings. The third-order valence-corrected chi connectivity index (χ3v) is 6.75. The van der Waals surface area contributed by atoms with Gasteiger partial charge in [0.1, 0.15) is 6.04 Å². The fourth-order valence-corrected chi connectivity index (χ4v) is 5.58. The maximum Gasteiger partial charge on any atom is 0.246 e. The minimum Gasteiger partial charge on any atom is -0.332 e. The molecule has 5 rings (SSSR count). The summed E-state index contributed by atoms with van der Waals surface area (Å²) in [7, 11) is 0. The Balaban J connectivity index is 1.44. The van der Waals surface area contributed by atoms with Crippen molar-refractivity contribution in [1.82, 2.24) is 20.1 Å². The fraction of sp³-hybridized carbons (Fsp3) is 0.650. The zero-order chi connectivity index (χ0) is 17.8. The second-order valence-electron chi connectivity index (χ2n) is 8.41. The lowest BCUT2D eigenvalue weighted by molar-refractivity contribution is -0.162. The number of carbonyl (C=O) groups excluding carboxylic acids is 2. The van der Waals surface area contributed by atoms with E-state index in [0.29, 0.717) is 25.4 Å². The Morgan fingerprint density at radius 3 is 2.92 bits per heavy atom. The van der Waals surface area contributed by atoms with Crippen molar-refractivity contribution in [2.45, 2.75) is 57.8 Å².